The van der Waals surface area contributed by atoms with Crippen LogP contribution in [0.1, 0.15) is 16.7 Å². The van der Waals surface area contributed by atoms with Gasteiger partial charge in [0.2, 0.25) is 6.20 Å². The first-order valence-corrected chi connectivity index (χ1v) is 6.68. The molecular formula is C17H11N4+. The summed E-state index contributed by atoms with van der Waals surface area (Å²) in [5.74, 6) is 0. The summed E-state index contributed by atoms with van der Waals surface area (Å²) in [6.45, 7) is 10.1. The fourth-order valence-corrected chi connectivity index (χ4v) is 3.00. The average molecular weight is 271 g/mol. The third kappa shape index (κ3) is 1.50. The Kier molecular flexibility index (Phi) is 2.20. The van der Waals surface area contributed by atoms with Gasteiger partial charge in [0.15, 0.2) is 12.2 Å². The standard InChI is InChI=1S/C17H11N4/c1-11-3-4-12-9-20-10-15-13(8-18)6-14(19-2)7-17(15)21(20)16(12)5-11/h3-7,10H,9H2,1H3/q+1. The maximum atomic E-state index is 9.31. The Morgan fingerprint density at radius 2 is 2.19 bits per heavy atom. The van der Waals surface area contributed by atoms with Crippen LogP contribution in [0.2, 0.25) is 0 Å². The Morgan fingerprint density at radius 1 is 1.33 bits per heavy atom. The minimum atomic E-state index is 0.502. The molecule has 0 amide bonds. The third-order valence-corrected chi connectivity index (χ3v) is 3.96. The molecule has 21 heavy (non-hydrogen) atoms. The van der Waals surface area contributed by atoms with E-state index in [1.54, 1.807) is 6.07 Å². The van der Waals surface area contributed by atoms with Gasteiger partial charge in [-0.15, -0.1) is 9.36 Å². The monoisotopic (exact) mass is 271 g/mol. The number of hydrogen-bond acceptors (Lipinski definition) is 1. The van der Waals surface area contributed by atoms with Crippen molar-refractivity contribution in [3.63, 3.8) is 0 Å². The lowest BCUT2D eigenvalue weighted by Crippen LogP contribution is -2.36. The lowest BCUT2D eigenvalue weighted by Gasteiger charge is -2.00. The number of nitrogens with zero attached hydrogens (tertiary/aromatic N) is 4. The summed E-state index contributed by atoms with van der Waals surface area (Å²) in [6.07, 6.45) is 2.00. The van der Waals surface area contributed by atoms with E-state index in [0.717, 1.165) is 23.1 Å². The molecule has 0 atom stereocenters. The molecule has 2 aromatic carbocycles. The molecule has 0 saturated carbocycles. The Balaban J connectivity index is 2.13. The van der Waals surface area contributed by atoms with Gasteiger partial charge < -0.3 is 0 Å². The molecule has 1 aliphatic rings. The van der Waals surface area contributed by atoms with Crippen LogP contribution in [0.25, 0.3) is 21.4 Å². The van der Waals surface area contributed by atoms with Crippen molar-refractivity contribution in [1.29, 1.82) is 5.26 Å². The molecule has 4 heteroatoms. The maximum absolute atomic E-state index is 9.31. The lowest BCUT2D eigenvalue weighted by molar-refractivity contribution is -0.749. The van der Waals surface area contributed by atoms with Gasteiger partial charge in [-0.2, -0.15) is 5.26 Å². The number of aromatic nitrogens is 2. The van der Waals surface area contributed by atoms with E-state index in [9.17, 15) is 5.26 Å². The summed E-state index contributed by atoms with van der Waals surface area (Å²) in [7, 11) is 0. The first-order valence-electron chi connectivity index (χ1n) is 6.68. The van der Waals surface area contributed by atoms with Crippen molar-refractivity contribution in [2.75, 3.05) is 0 Å². The van der Waals surface area contributed by atoms with Gasteiger partial charge in [0, 0.05) is 5.56 Å². The summed E-state index contributed by atoms with van der Waals surface area (Å²) in [6, 6.07) is 12.1. The molecule has 0 aliphatic carbocycles. The summed E-state index contributed by atoms with van der Waals surface area (Å²) in [5, 5.41) is 10.2. The second kappa shape index (κ2) is 3.94. The van der Waals surface area contributed by atoms with Gasteiger partial charge in [-0.1, -0.05) is 12.1 Å². The lowest BCUT2D eigenvalue weighted by atomic mass is 10.1. The molecule has 0 unspecified atom stereocenters. The van der Waals surface area contributed by atoms with E-state index in [4.69, 9.17) is 6.57 Å². The van der Waals surface area contributed by atoms with E-state index in [1.165, 1.54) is 11.1 Å². The highest BCUT2D eigenvalue weighted by atomic mass is 15.4. The zero-order valence-electron chi connectivity index (χ0n) is 11.5. The van der Waals surface area contributed by atoms with Gasteiger partial charge in [-0.25, -0.2) is 4.85 Å². The molecule has 0 spiro atoms. The number of aryl methyl sites for hydroxylation is 1. The van der Waals surface area contributed by atoms with Crippen molar-refractivity contribution in [2.24, 2.45) is 0 Å². The van der Waals surface area contributed by atoms with Crippen LogP contribution in [0.3, 0.4) is 0 Å². The Morgan fingerprint density at radius 3 is 2.95 bits per heavy atom. The van der Waals surface area contributed by atoms with E-state index in [1.807, 2.05) is 12.3 Å². The maximum Gasteiger partial charge on any atom is 0.205 e. The predicted octanol–water partition coefficient (Wildman–Crippen LogP) is 3.01. The predicted molar refractivity (Wildman–Crippen MR) is 78.3 cm³/mol. The highest BCUT2D eigenvalue weighted by molar-refractivity contribution is 5.89. The van der Waals surface area contributed by atoms with E-state index in [0.29, 0.717) is 11.3 Å². The molecule has 0 bridgehead atoms. The van der Waals surface area contributed by atoms with Crippen LogP contribution in [0.15, 0.2) is 36.5 Å². The molecule has 0 radical (unpaired) electrons. The highest BCUT2D eigenvalue weighted by Crippen LogP contribution is 2.30. The van der Waals surface area contributed by atoms with Crippen LogP contribution < -0.4 is 4.68 Å². The van der Waals surface area contributed by atoms with E-state index >= 15 is 0 Å². The van der Waals surface area contributed by atoms with Gasteiger partial charge in [0.25, 0.3) is 0 Å². The topological polar surface area (TPSA) is 37.0 Å². The first-order chi connectivity index (χ1) is 10.2. The first kappa shape index (κ1) is 11.7. The number of benzene rings is 2. The molecule has 4 rings (SSSR count). The van der Waals surface area contributed by atoms with Crippen molar-refractivity contribution >= 4 is 16.6 Å². The van der Waals surface area contributed by atoms with Crippen LogP contribution in [0.5, 0.6) is 0 Å². The molecule has 0 N–H and O–H groups in total. The fraction of sp³-hybridized carbons (Fsp3) is 0.118. The molecule has 1 aliphatic heterocycles. The number of rotatable bonds is 0. The molecule has 1 aromatic heterocycles. The van der Waals surface area contributed by atoms with E-state index < -0.39 is 0 Å². The minimum absolute atomic E-state index is 0.502. The molecule has 0 saturated heterocycles. The van der Waals surface area contributed by atoms with Gasteiger partial charge in [0.05, 0.1) is 23.6 Å². The second-order valence-electron chi connectivity index (χ2n) is 5.32. The normalized spacial score (nSPS) is 11.8. The summed E-state index contributed by atoms with van der Waals surface area (Å²) in [5.41, 5.74) is 5.57. The Labute approximate surface area is 121 Å². The van der Waals surface area contributed by atoms with E-state index in [-0.39, 0.29) is 0 Å². The smallest absolute Gasteiger partial charge is 0.205 e. The number of nitriles is 1. The highest BCUT2D eigenvalue weighted by Gasteiger charge is 2.29. The van der Waals surface area contributed by atoms with Crippen molar-refractivity contribution < 1.29 is 4.68 Å². The Hall–Kier alpha value is -3.11. The molecule has 3 aromatic rings. The Bertz CT molecular complexity index is 996. The van der Waals surface area contributed by atoms with Gasteiger partial charge in [0.1, 0.15) is 11.2 Å². The minimum Gasteiger partial charge on any atom is -0.238 e. The largest absolute Gasteiger partial charge is 0.238 e. The molecule has 4 nitrogen and oxygen atoms in total. The summed E-state index contributed by atoms with van der Waals surface area (Å²) >= 11 is 0. The average Bonchev–Trinajstić information content (AvgIpc) is 3.02. The SMILES string of the molecule is [C-]#[N+]c1cc(C#N)c2c[n+]3n(c2c1)-c1cc(C)ccc1C3. The number of hydrogen-bond donors (Lipinski definition) is 0. The van der Waals surface area contributed by atoms with Crippen LogP contribution in [0, 0.1) is 24.8 Å². The number of fused-ring (bicyclic) bond motifs is 5. The summed E-state index contributed by atoms with van der Waals surface area (Å²) in [4.78, 5) is 3.48. The second-order valence-corrected chi connectivity index (χ2v) is 5.32. The van der Waals surface area contributed by atoms with Crippen LogP contribution in [-0.2, 0) is 6.54 Å². The van der Waals surface area contributed by atoms with Gasteiger partial charge >= 0.3 is 0 Å². The molecule has 2 heterocycles. The van der Waals surface area contributed by atoms with Crippen LogP contribution in [-0.4, -0.2) is 4.68 Å². The molecular weight excluding hydrogens is 260 g/mol. The summed E-state index contributed by atoms with van der Waals surface area (Å²) < 4.78 is 4.20. The van der Waals surface area contributed by atoms with Crippen molar-refractivity contribution in [3.05, 3.63) is 64.6 Å². The van der Waals surface area contributed by atoms with Crippen molar-refractivity contribution in [2.45, 2.75) is 13.5 Å². The van der Waals surface area contributed by atoms with Gasteiger partial charge in [-0.3, -0.25) is 0 Å². The zero-order valence-corrected chi connectivity index (χ0v) is 11.5. The van der Waals surface area contributed by atoms with Crippen LogP contribution in [0.4, 0.5) is 5.69 Å². The fourth-order valence-electron chi connectivity index (χ4n) is 3.00. The van der Waals surface area contributed by atoms with Crippen molar-refractivity contribution in [1.82, 2.24) is 4.68 Å². The molecule has 0 fully saturated rings. The third-order valence-electron chi connectivity index (χ3n) is 3.96. The quantitative estimate of drug-likeness (QED) is 0.358. The molecule has 98 valence electrons. The van der Waals surface area contributed by atoms with Crippen molar-refractivity contribution in [3.8, 4) is 11.8 Å². The van der Waals surface area contributed by atoms with E-state index in [2.05, 4.69) is 45.4 Å². The van der Waals surface area contributed by atoms with Crippen LogP contribution >= 0.6 is 0 Å². The zero-order chi connectivity index (χ0) is 14.6. The van der Waals surface area contributed by atoms with Gasteiger partial charge in [-0.05, 0) is 30.7 Å².